The topological polar surface area (TPSA) is 51.6 Å². The molecular formula is C9H6BN4. The van der Waals surface area contributed by atoms with E-state index in [4.69, 9.17) is 7.49 Å². The molecule has 65 valence electrons. The number of rotatable bonds is 2. The first-order valence-corrected chi connectivity index (χ1v) is 4.06. The SMILES string of the molecule is [B]=C(c1cccnn1)c1cccnn1. The first kappa shape index (κ1) is 8.68. The summed E-state index contributed by atoms with van der Waals surface area (Å²) in [6.07, 6.45) is 3.18. The van der Waals surface area contributed by atoms with Crippen LogP contribution in [0.3, 0.4) is 0 Å². The van der Waals surface area contributed by atoms with Gasteiger partial charge < -0.3 is 0 Å². The third-order valence-corrected chi connectivity index (χ3v) is 1.70. The molecule has 0 aromatic carbocycles. The maximum atomic E-state index is 5.83. The molecule has 0 bridgehead atoms. The van der Waals surface area contributed by atoms with Gasteiger partial charge in [0.15, 0.2) is 0 Å². The molecule has 0 saturated heterocycles. The predicted molar refractivity (Wildman–Crippen MR) is 53.0 cm³/mol. The van der Waals surface area contributed by atoms with E-state index >= 15 is 0 Å². The number of nitrogens with zero attached hydrogens (tertiary/aromatic N) is 4. The van der Waals surface area contributed by atoms with Gasteiger partial charge in [0.2, 0.25) is 0 Å². The van der Waals surface area contributed by atoms with Gasteiger partial charge in [0.1, 0.15) is 0 Å². The fraction of sp³-hybridized carbons (Fsp3) is 0. The van der Waals surface area contributed by atoms with Crippen molar-refractivity contribution in [1.29, 1.82) is 0 Å². The van der Waals surface area contributed by atoms with Crippen molar-refractivity contribution in [1.82, 2.24) is 20.4 Å². The molecule has 0 N–H and O–H groups in total. The molecule has 0 saturated carbocycles. The summed E-state index contributed by atoms with van der Waals surface area (Å²) in [4.78, 5) is 0. The Kier molecular flexibility index (Phi) is 2.40. The van der Waals surface area contributed by atoms with Crippen LogP contribution in [0, 0.1) is 0 Å². The second kappa shape index (κ2) is 3.87. The molecule has 0 spiro atoms. The number of aromatic nitrogens is 4. The summed E-state index contributed by atoms with van der Waals surface area (Å²) in [5, 5.41) is 15.2. The molecule has 1 radical (unpaired) electrons. The Labute approximate surface area is 82.1 Å². The molecule has 2 aromatic heterocycles. The van der Waals surface area contributed by atoms with Crippen LogP contribution in [-0.2, 0) is 0 Å². The van der Waals surface area contributed by atoms with E-state index in [0.717, 1.165) is 0 Å². The van der Waals surface area contributed by atoms with E-state index < -0.39 is 0 Å². The Hall–Kier alpha value is -1.91. The van der Waals surface area contributed by atoms with Crippen molar-refractivity contribution in [3.8, 4) is 0 Å². The van der Waals surface area contributed by atoms with Crippen LogP contribution in [0.2, 0.25) is 0 Å². The fourth-order valence-electron chi connectivity index (χ4n) is 1.02. The zero-order valence-corrected chi connectivity index (χ0v) is 7.33. The zero-order chi connectivity index (χ0) is 9.80. The minimum atomic E-state index is 0.478. The van der Waals surface area contributed by atoms with Gasteiger partial charge in [-0.15, -0.1) is 0 Å². The Bertz CT molecular complexity index is 388. The normalized spacial score (nSPS) is 9.64. The van der Waals surface area contributed by atoms with Crippen molar-refractivity contribution in [2.75, 3.05) is 0 Å². The van der Waals surface area contributed by atoms with Gasteiger partial charge in [0, 0.05) is 0 Å². The first-order valence-electron chi connectivity index (χ1n) is 4.06. The van der Waals surface area contributed by atoms with Gasteiger partial charge in [0.05, 0.1) is 0 Å². The molecule has 2 aromatic rings. The first-order chi connectivity index (χ1) is 6.88. The van der Waals surface area contributed by atoms with Crippen LogP contribution < -0.4 is 0 Å². The van der Waals surface area contributed by atoms with Crippen LogP contribution in [-0.4, -0.2) is 33.3 Å². The van der Waals surface area contributed by atoms with E-state index in [9.17, 15) is 0 Å². The van der Waals surface area contributed by atoms with Gasteiger partial charge in [0.25, 0.3) is 0 Å². The van der Waals surface area contributed by atoms with Gasteiger partial charge in [-0.1, -0.05) is 0 Å². The molecule has 14 heavy (non-hydrogen) atoms. The van der Waals surface area contributed by atoms with Crippen molar-refractivity contribution in [2.45, 2.75) is 0 Å². The number of hydrogen-bond acceptors (Lipinski definition) is 4. The van der Waals surface area contributed by atoms with E-state index in [2.05, 4.69) is 20.4 Å². The van der Waals surface area contributed by atoms with E-state index in [0.29, 0.717) is 16.9 Å². The van der Waals surface area contributed by atoms with E-state index in [1.165, 1.54) is 0 Å². The average Bonchev–Trinajstić information content (AvgIpc) is 2.30. The summed E-state index contributed by atoms with van der Waals surface area (Å²) < 4.78 is 0. The Balaban J connectivity index is 2.35. The Morgan fingerprint density at radius 1 is 0.929 bits per heavy atom. The Morgan fingerprint density at radius 3 is 1.79 bits per heavy atom. The third kappa shape index (κ3) is 1.71. The van der Waals surface area contributed by atoms with Crippen LogP contribution >= 0.6 is 0 Å². The van der Waals surface area contributed by atoms with E-state index in [1.54, 1.807) is 36.7 Å². The van der Waals surface area contributed by atoms with E-state index in [-0.39, 0.29) is 0 Å². The predicted octanol–water partition coefficient (Wildman–Crippen LogP) is 0.00390. The molecular weight excluding hydrogens is 175 g/mol. The molecule has 0 amide bonds. The molecule has 0 aliphatic heterocycles. The molecule has 5 heteroatoms. The maximum absolute atomic E-state index is 5.83. The van der Waals surface area contributed by atoms with Crippen LogP contribution in [0.25, 0.3) is 0 Å². The Morgan fingerprint density at radius 2 is 1.43 bits per heavy atom. The van der Waals surface area contributed by atoms with Crippen molar-refractivity contribution in [3.63, 3.8) is 0 Å². The van der Waals surface area contributed by atoms with Gasteiger partial charge in [-0.2, -0.15) is 0 Å². The summed E-state index contributed by atoms with van der Waals surface area (Å²) in [6, 6.07) is 7.09. The molecule has 2 rings (SSSR count). The van der Waals surface area contributed by atoms with Gasteiger partial charge in [-0.25, -0.2) is 0 Å². The summed E-state index contributed by atoms with van der Waals surface area (Å²) in [5.74, 6) is 0. The third-order valence-electron chi connectivity index (χ3n) is 1.70. The second-order valence-electron chi connectivity index (χ2n) is 2.63. The molecule has 0 unspecified atom stereocenters. The molecule has 0 aliphatic rings. The van der Waals surface area contributed by atoms with Crippen molar-refractivity contribution < 1.29 is 0 Å². The minimum absolute atomic E-state index is 0.478. The van der Waals surface area contributed by atoms with Crippen molar-refractivity contribution in [2.24, 2.45) is 0 Å². The van der Waals surface area contributed by atoms with E-state index in [1.807, 2.05) is 0 Å². The molecule has 4 nitrogen and oxygen atoms in total. The van der Waals surface area contributed by atoms with Gasteiger partial charge >= 0.3 is 81.4 Å². The van der Waals surface area contributed by atoms with Crippen molar-refractivity contribution in [3.05, 3.63) is 48.0 Å². The summed E-state index contributed by atoms with van der Waals surface area (Å²) in [5.41, 5.74) is 1.69. The molecule has 0 atom stereocenters. The summed E-state index contributed by atoms with van der Waals surface area (Å²) >= 11 is 0. The second-order valence-corrected chi connectivity index (χ2v) is 2.63. The molecule has 2 heterocycles. The number of hydrogen-bond donors (Lipinski definition) is 0. The summed E-state index contributed by atoms with van der Waals surface area (Å²) in [7, 11) is 5.83. The average molecular weight is 181 g/mol. The molecule has 0 fully saturated rings. The molecule has 0 aliphatic carbocycles. The van der Waals surface area contributed by atoms with Gasteiger partial charge in [-0.05, 0) is 0 Å². The fourth-order valence-corrected chi connectivity index (χ4v) is 1.02. The van der Waals surface area contributed by atoms with Crippen LogP contribution in [0.15, 0.2) is 36.7 Å². The standard InChI is InChI=1S/C9H6BN4/c10-9(7-3-1-5-11-13-7)8-4-2-6-12-14-8/h1-6H. The van der Waals surface area contributed by atoms with Crippen molar-refractivity contribution >= 4 is 13.0 Å². The van der Waals surface area contributed by atoms with Crippen LogP contribution in [0.1, 0.15) is 11.4 Å². The van der Waals surface area contributed by atoms with Crippen LogP contribution in [0.5, 0.6) is 0 Å². The zero-order valence-electron chi connectivity index (χ0n) is 7.33. The van der Waals surface area contributed by atoms with Crippen LogP contribution in [0.4, 0.5) is 0 Å². The van der Waals surface area contributed by atoms with Gasteiger partial charge in [-0.3, -0.25) is 0 Å². The quantitative estimate of drug-likeness (QED) is 0.612. The summed E-state index contributed by atoms with van der Waals surface area (Å²) in [6.45, 7) is 0. The monoisotopic (exact) mass is 181 g/mol.